The molecular formula is C11H14Cl2N2O. The van der Waals surface area contributed by atoms with Crippen LogP contribution in [0, 0.1) is 0 Å². The molecule has 1 fully saturated rings. The zero-order chi connectivity index (χ0) is 10.7. The molecule has 1 aliphatic heterocycles. The first-order chi connectivity index (χ1) is 7.25. The maximum Gasteiger partial charge on any atom is 0.236 e. The second-order valence-electron chi connectivity index (χ2n) is 3.62. The Morgan fingerprint density at radius 3 is 2.94 bits per heavy atom. The van der Waals surface area contributed by atoms with Gasteiger partial charge in [0.25, 0.3) is 0 Å². The van der Waals surface area contributed by atoms with Crippen LogP contribution in [0.4, 0.5) is 0 Å². The van der Waals surface area contributed by atoms with Crippen molar-refractivity contribution in [2.24, 2.45) is 0 Å². The molecule has 3 nitrogen and oxygen atoms in total. The lowest BCUT2D eigenvalue weighted by molar-refractivity contribution is -0.132. The average molecular weight is 261 g/mol. The van der Waals surface area contributed by atoms with Crippen molar-refractivity contribution in [2.75, 3.05) is 19.6 Å². The van der Waals surface area contributed by atoms with Crippen LogP contribution < -0.4 is 5.32 Å². The van der Waals surface area contributed by atoms with Gasteiger partial charge in [-0.25, -0.2) is 0 Å². The fourth-order valence-corrected chi connectivity index (χ4v) is 1.88. The maximum atomic E-state index is 11.5. The molecule has 2 rings (SSSR count). The van der Waals surface area contributed by atoms with Gasteiger partial charge in [0.2, 0.25) is 5.91 Å². The van der Waals surface area contributed by atoms with Gasteiger partial charge in [0, 0.05) is 24.7 Å². The summed E-state index contributed by atoms with van der Waals surface area (Å²) in [6.45, 7) is 2.74. The molecule has 0 aromatic heterocycles. The number of piperazine rings is 1. The van der Waals surface area contributed by atoms with E-state index in [1.807, 2.05) is 29.2 Å². The number of benzene rings is 1. The number of carbonyl (C=O) groups excluding carboxylic acids is 1. The molecule has 0 aliphatic carbocycles. The van der Waals surface area contributed by atoms with Crippen LogP contribution in [0.2, 0.25) is 5.02 Å². The summed E-state index contributed by atoms with van der Waals surface area (Å²) in [5.41, 5.74) is 1.08. The van der Waals surface area contributed by atoms with Crippen LogP contribution in [0.5, 0.6) is 0 Å². The van der Waals surface area contributed by atoms with Crippen LogP contribution in [0.1, 0.15) is 5.56 Å². The molecule has 0 atom stereocenters. The molecule has 1 N–H and O–H groups in total. The predicted octanol–water partition coefficient (Wildman–Crippen LogP) is 1.69. The standard InChI is InChI=1S/C11H13ClN2O.ClH/c12-10-3-1-2-9(6-10)8-14-5-4-13-7-11(14)15;/h1-3,6,13H,4-5,7-8H2;1H. The van der Waals surface area contributed by atoms with Gasteiger partial charge in [-0.15, -0.1) is 12.4 Å². The van der Waals surface area contributed by atoms with Gasteiger partial charge in [-0.2, -0.15) is 0 Å². The Morgan fingerprint density at radius 1 is 1.44 bits per heavy atom. The van der Waals surface area contributed by atoms with E-state index in [9.17, 15) is 4.79 Å². The Hall–Kier alpha value is -0.770. The number of rotatable bonds is 2. The third-order valence-corrected chi connectivity index (χ3v) is 2.68. The molecule has 1 amide bonds. The van der Waals surface area contributed by atoms with Gasteiger partial charge in [0.1, 0.15) is 0 Å². The highest BCUT2D eigenvalue weighted by Crippen LogP contribution is 2.13. The number of hydrogen-bond donors (Lipinski definition) is 1. The van der Waals surface area contributed by atoms with Gasteiger partial charge in [0.05, 0.1) is 6.54 Å². The lowest BCUT2D eigenvalue weighted by Gasteiger charge is -2.27. The van der Waals surface area contributed by atoms with Crippen molar-refractivity contribution in [3.63, 3.8) is 0 Å². The van der Waals surface area contributed by atoms with E-state index in [-0.39, 0.29) is 18.3 Å². The summed E-state index contributed by atoms with van der Waals surface area (Å²) in [6, 6.07) is 7.63. The van der Waals surface area contributed by atoms with Crippen LogP contribution in [-0.2, 0) is 11.3 Å². The summed E-state index contributed by atoms with van der Waals surface area (Å²) in [7, 11) is 0. The Bertz CT molecular complexity index is 371. The highest BCUT2D eigenvalue weighted by Gasteiger charge is 2.17. The Morgan fingerprint density at radius 2 is 2.25 bits per heavy atom. The number of halogens is 2. The summed E-state index contributed by atoms with van der Waals surface area (Å²) < 4.78 is 0. The second-order valence-corrected chi connectivity index (χ2v) is 4.06. The maximum absolute atomic E-state index is 11.5. The second kappa shape index (κ2) is 6.09. The quantitative estimate of drug-likeness (QED) is 0.878. The van der Waals surface area contributed by atoms with Gasteiger partial charge >= 0.3 is 0 Å². The number of nitrogens with one attached hydrogen (secondary N) is 1. The van der Waals surface area contributed by atoms with E-state index < -0.39 is 0 Å². The van der Waals surface area contributed by atoms with Gasteiger partial charge in [0.15, 0.2) is 0 Å². The fourth-order valence-electron chi connectivity index (χ4n) is 1.67. The van der Waals surface area contributed by atoms with E-state index in [0.29, 0.717) is 13.1 Å². The highest BCUT2D eigenvalue weighted by atomic mass is 35.5. The molecule has 0 radical (unpaired) electrons. The number of nitrogens with zero attached hydrogens (tertiary/aromatic N) is 1. The first kappa shape index (κ1) is 13.3. The van der Waals surface area contributed by atoms with Crippen molar-refractivity contribution in [2.45, 2.75) is 6.54 Å². The van der Waals surface area contributed by atoms with Crippen LogP contribution >= 0.6 is 24.0 Å². The zero-order valence-electron chi connectivity index (χ0n) is 8.78. The number of hydrogen-bond acceptors (Lipinski definition) is 2. The van der Waals surface area contributed by atoms with Crippen molar-refractivity contribution >= 4 is 29.9 Å². The number of amides is 1. The first-order valence-electron chi connectivity index (χ1n) is 4.98. The van der Waals surface area contributed by atoms with Crippen molar-refractivity contribution in [3.8, 4) is 0 Å². The van der Waals surface area contributed by atoms with E-state index in [1.165, 1.54) is 0 Å². The van der Waals surface area contributed by atoms with Crippen LogP contribution in [0.3, 0.4) is 0 Å². The largest absolute Gasteiger partial charge is 0.336 e. The summed E-state index contributed by atoms with van der Waals surface area (Å²) in [4.78, 5) is 13.4. The summed E-state index contributed by atoms with van der Waals surface area (Å²) in [5.74, 6) is 0.154. The lowest BCUT2D eigenvalue weighted by Crippen LogP contribution is -2.47. The molecule has 0 saturated carbocycles. The molecule has 1 heterocycles. The molecular weight excluding hydrogens is 247 g/mol. The Kier molecular flexibility index (Phi) is 5.06. The fraction of sp³-hybridized carbons (Fsp3) is 0.364. The van der Waals surface area contributed by atoms with Crippen LogP contribution in [-0.4, -0.2) is 30.4 Å². The Balaban J connectivity index is 0.00000128. The van der Waals surface area contributed by atoms with Crippen LogP contribution in [0.25, 0.3) is 0 Å². The van der Waals surface area contributed by atoms with Crippen molar-refractivity contribution < 1.29 is 4.79 Å². The molecule has 1 aromatic carbocycles. The smallest absolute Gasteiger partial charge is 0.236 e. The van der Waals surface area contributed by atoms with Crippen molar-refractivity contribution in [1.82, 2.24) is 10.2 Å². The molecule has 0 bridgehead atoms. The molecule has 1 saturated heterocycles. The molecule has 1 aromatic rings. The van der Waals surface area contributed by atoms with Crippen molar-refractivity contribution in [1.29, 1.82) is 0 Å². The summed E-state index contributed by atoms with van der Waals surface area (Å²) in [5, 5.41) is 3.76. The third kappa shape index (κ3) is 3.37. The van der Waals surface area contributed by atoms with Crippen molar-refractivity contribution in [3.05, 3.63) is 34.9 Å². The molecule has 1 aliphatic rings. The zero-order valence-corrected chi connectivity index (χ0v) is 10.4. The van der Waals surface area contributed by atoms with E-state index in [2.05, 4.69) is 5.32 Å². The first-order valence-corrected chi connectivity index (χ1v) is 5.36. The average Bonchev–Trinajstić information content (AvgIpc) is 2.22. The van der Waals surface area contributed by atoms with E-state index >= 15 is 0 Å². The highest BCUT2D eigenvalue weighted by molar-refractivity contribution is 6.30. The van der Waals surface area contributed by atoms with E-state index in [1.54, 1.807) is 0 Å². The number of carbonyl (C=O) groups is 1. The lowest BCUT2D eigenvalue weighted by atomic mass is 10.2. The monoisotopic (exact) mass is 260 g/mol. The van der Waals surface area contributed by atoms with E-state index in [4.69, 9.17) is 11.6 Å². The minimum atomic E-state index is 0. The minimum Gasteiger partial charge on any atom is -0.336 e. The molecule has 0 unspecified atom stereocenters. The summed E-state index contributed by atoms with van der Waals surface area (Å²) >= 11 is 5.88. The SMILES string of the molecule is Cl.O=C1CNCCN1Cc1cccc(Cl)c1. The minimum absolute atomic E-state index is 0. The predicted molar refractivity (Wildman–Crippen MR) is 67.0 cm³/mol. The van der Waals surface area contributed by atoms with Gasteiger partial charge in [-0.05, 0) is 17.7 Å². The third-order valence-electron chi connectivity index (χ3n) is 2.45. The topological polar surface area (TPSA) is 32.3 Å². The molecule has 88 valence electrons. The summed E-state index contributed by atoms with van der Waals surface area (Å²) in [6.07, 6.45) is 0. The van der Waals surface area contributed by atoms with Gasteiger partial charge in [-0.1, -0.05) is 23.7 Å². The Labute approximate surface area is 106 Å². The van der Waals surface area contributed by atoms with Gasteiger partial charge in [-0.3, -0.25) is 4.79 Å². The molecule has 5 heteroatoms. The molecule has 16 heavy (non-hydrogen) atoms. The van der Waals surface area contributed by atoms with Crippen LogP contribution in [0.15, 0.2) is 24.3 Å². The normalized spacial score (nSPS) is 15.8. The van der Waals surface area contributed by atoms with Gasteiger partial charge < -0.3 is 10.2 Å². The van der Waals surface area contributed by atoms with E-state index in [0.717, 1.165) is 23.7 Å². The molecule has 0 spiro atoms.